The van der Waals surface area contributed by atoms with Crippen molar-refractivity contribution in [2.24, 2.45) is 0 Å². The molecule has 0 radical (unpaired) electrons. The molecule has 1 aliphatic rings. The Morgan fingerprint density at radius 1 is 1.12 bits per heavy atom. The smallest absolute Gasteiger partial charge is 0.292 e. The second-order valence-electron chi connectivity index (χ2n) is 6.12. The van der Waals surface area contributed by atoms with Crippen molar-refractivity contribution in [3.63, 3.8) is 0 Å². The summed E-state index contributed by atoms with van der Waals surface area (Å²) in [5, 5.41) is 16.6. The van der Waals surface area contributed by atoms with Gasteiger partial charge in [0.05, 0.1) is 4.92 Å². The average molecular weight is 355 g/mol. The predicted molar refractivity (Wildman–Crippen MR) is 98.6 cm³/mol. The molecule has 136 valence electrons. The molecule has 2 aromatic rings. The van der Waals surface area contributed by atoms with Gasteiger partial charge < -0.3 is 15.4 Å². The summed E-state index contributed by atoms with van der Waals surface area (Å²) in [6.45, 7) is 0.679. The zero-order valence-electron chi connectivity index (χ0n) is 14.4. The maximum Gasteiger partial charge on any atom is 0.292 e. The number of aryl methyl sites for hydroxylation is 2. The Balaban J connectivity index is 1.39. The van der Waals surface area contributed by atoms with Crippen LogP contribution in [0.2, 0.25) is 0 Å². The van der Waals surface area contributed by atoms with Crippen LogP contribution in [0.25, 0.3) is 0 Å². The van der Waals surface area contributed by atoms with Crippen LogP contribution in [0.1, 0.15) is 17.5 Å². The van der Waals surface area contributed by atoms with Gasteiger partial charge in [-0.15, -0.1) is 0 Å². The molecule has 0 aromatic heterocycles. The van der Waals surface area contributed by atoms with E-state index in [-0.39, 0.29) is 18.2 Å². The third-order valence-electron chi connectivity index (χ3n) is 4.30. The third kappa shape index (κ3) is 4.50. The summed E-state index contributed by atoms with van der Waals surface area (Å²) in [4.78, 5) is 22.4. The van der Waals surface area contributed by atoms with Crippen molar-refractivity contribution in [2.75, 3.05) is 25.0 Å². The average Bonchev–Trinajstić information content (AvgIpc) is 3.11. The molecule has 2 N–H and O–H groups in total. The van der Waals surface area contributed by atoms with Crippen LogP contribution in [-0.4, -0.2) is 30.5 Å². The monoisotopic (exact) mass is 355 g/mol. The molecule has 0 unspecified atom stereocenters. The van der Waals surface area contributed by atoms with Crippen molar-refractivity contribution in [3.05, 3.63) is 63.7 Å². The van der Waals surface area contributed by atoms with Crippen molar-refractivity contribution in [3.8, 4) is 5.75 Å². The maximum absolute atomic E-state index is 11.9. The Kier molecular flexibility index (Phi) is 5.68. The van der Waals surface area contributed by atoms with Gasteiger partial charge in [0.1, 0.15) is 11.4 Å². The minimum atomic E-state index is -0.439. The standard InChI is InChI=1S/C19H21N3O4/c23-19(13-26-16-9-8-14-4-3-5-15(14)12-16)21-11-10-20-17-6-1-2-7-18(17)22(24)25/h1-2,6-9,12,20H,3-5,10-11,13H2,(H,21,23). The number of nitro benzene ring substituents is 1. The molecule has 0 spiro atoms. The Hall–Kier alpha value is -3.09. The number of anilines is 1. The molecule has 0 heterocycles. The molecule has 0 saturated carbocycles. The van der Waals surface area contributed by atoms with E-state index in [1.807, 2.05) is 12.1 Å². The number of hydrogen-bond acceptors (Lipinski definition) is 5. The highest BCUT2D eigenvalue weighted by Gasteiger charge is 2.13. The zero-order chi connectivity index (χ0) is 18.4. The van der Waals surface area contributed by atoms with E-state index in [0.717, 1.165) is 12.8 Å². The third-order valence-corrected chi connectivity index (χ3v) is 4.30. The first kappa shape index (κ1) is 17.7. The van der Waals surface area contributed by atoms with Crippen molar-refractivity contribution < 1.29 is 14.5 Å². The lowest BCUT2D eigenvalue weighted by molar-refractivity contribution is -0.384. The van der Waals surface area contributed by atoms with Gasteiger partial charge in [-0.05, 0) is 48.6 Å². The van der Waals surface area contributed by atoms with Crippen molar-refractivity contribution in [1.82, 2.24) is 5.32 Å². The Morgan fingerprint density at radius 3 is 2.77 bits per heavy atom. The van der Waals surface area contributed by atoms with Gasteiger partial charge in [0, 0.05) is 19.2 Å². The number of nitrogens with one attached hydrogen (secondary N) is 2. The highest BCUT2D eigenvalue weighted by atomic mass is 16.6. The fourth-order valence-electron chi connectivity index (χ4n) is 3.02. The van der Waals surface area contributed by atoms with Gasteiger partial charge >= 0.3 is 0 Å². The summed E-state index contributed by atoms with van der Waals surface area (Å²) >= 11 is 0. The molecule has 0 saturated heterocycles. The van der Waals surface area contributed by atoms with Gasteiger partial charge in [0.2, 0.25) is 0 Å². The fourth-order valence-corrected chi connectivity index (χ4v) is 3.02. The van der Waals surface area contributed by atoms with Crippen LogP contribution in [0.3, 0.4) is 0 Å². The molecular weight excluding hydrogens is 334 g/mol. The molecule has 0 atom stereocenters. The molecule has 26 heavy (non-hydrogen) atoms. The number of rotatable bonds is 8. The summed E-state index contributed by atoms with van der Waals surface area (Å²) in [7, 11) is 0. The topological polar surface area (TPSA) is 93.5 Å². The van der Waals surface area contributed by atoms with Crippen molar-refractivity contribution in [2.45, 2.75) is 19.3 Å². The van der Waals surface area contributed by atoms with Crippen molar-refractivity contribution >= 4 is 17.3 Å². The molecule has 7 nitrogen and oxygen atoms in total. The summed E-state index contributed by atoms with van der Waals surface area (Å²) in [6, 6.07) is 12.4. The predicted octanol–water partition coefficient (Wildman–Crippen LogP) is 2.69. The number of hydrogen-bond donors (Lipinski definition) is 2. The molecule has 1 aliphatic carbocycles. The Morgan fingerprint density at radius 2 is 1.92 bits per heavy atom. The van der Waals surface area contributed by atoms with E-state index in [1.54, 1.807) is 18.2 Å². The van der Waals surface area contributed by atoms with Gasteiger partial charge in [0.25, 0.3) is 11.6 Å². The largest absolute Gasteiger partial charge is 0.484 e. The number of para-hydroxylation sites is 2. The first-order valence-electron chi connectivity index (χ1n) is 8.62. The molecule has 7 heteroatoms. The van der Waals surface area contributed by atoms with E-state index in [9.17, 15) is 14.9 Å². The van der Waals surface area contributed by atoms with Gasteiger partial charge in [-0.25, -0.2) is 0 Å². The number of benzene rings is 2. The van der Waals surface area contributed by atoms with Crippen LogP contribution in [0.4, 0.5) is 11.4 Å². The molecule has 0 bridgehead atoms. The lowest BCUT2D eigenvalue weighted by Gasteiger charge is -2.10. The molecule has 0 aliphatic heterocycles. The van der Waals surface area contributed by atoms with Gasteiger partial charge in [-0.3, -0.25) is 14.9 Å². The maximum atomic E-state index is 11.9. The first-order chi connectivity index (χ1) is 12.6. The van der Waals surface area contributed by atoms with E-state index in [0.29, 0.717) is 24.5 Å². The number of nitro groups is 1. The molecule has 1 amide bonds. The zero-order valence-corrected chi connectivity index (χ0v) is 14.4. The molecular formula is C19H21N3O4. The second kappa shape index (κ2) is 8.33. The summed E-state index contributed by atoms with van der Waals surface area (Å²) in [5.74, 6) is 0.480. The quantitative estimate of drug-likeness (QED) is 0.431. The highest BCUT2D eigenvalue weighted by molar-refractivity contribution is 5.77. The van der Waals surface area contributed by atoms with E-state index < -0.39 is 4.92 Å². The molecule has 3 rings (SSSR count). The van der Waals surface area contributed by atoms with Crippen molar-refractivity contribution in [1.29, 1.82) is 0 Å². The van der Waals surface area contributed by atoms with E-state index >= 15 is 0 Å². The summed E-state index contributed by atoms with van der Waals surface area (Å²) in [5.41, 5.74) is 3.11. The minimum absolute atomic E-state index is 0.0127. The van der Waals surface area contributed by atoms with Crippen LogP contribution in [0, 0.1) is 10.1 Å². The minimum Gasteiger partial charge on any atom is -0.484 e. The number of carbonyl (C=O) groups excluding carboxylic acids is 1. The van der Waals surface area contributed by atoms with Gasteiger partial charge in [-0.1, -0.05) is 18.2 Å². The van der Waals surface area contributed by atoms with E-state index in [1.165, 1.54) is 23.6 Å². The lowest BCUT2D eigenvalue weighted by atomic mass is 10.1. The Bertz CT molecular complexity index is 807. The van der Waals surface area contributed by atoms with Gasteiger partial charge in [0.15, 0.2) is 6.61 Å². The normalized spacial score (nSPS) is 12.3. The molecule has 0 fully saturated rings. The fraction of sp³-hybridized carbons (Fsp3) is 0.316. The molecule has 2 aromatic carbocycles. The number of ether oxygens (including phenoxy) is 1. The number of carbonyl (C=O) groups is 1. The van der Waals surface area contributed by atoms with E-state index in [2.05, 4.69) is 16.7 Å². The van der Waals surface area contributed by atoms with Gasteiger partial charge in [-0.2, -0.15) is 0 Å². The lowest BCUT2D eigenvalue weighted by Crippen LogP contribution is -2.32. The van der Waals surface area contributed by atoms with Crippen LogP contribution in [0.5, 0.6) is 5.75 Å². The summed E-state index contributed by atoms with van der Waals surface area (Å²) in [6.07, 6.45) is 3.35. The van der Waals surface area contributed by atoms with Crippen LogP contribution in [0.15, 0.2) is 42.5 Å². The van der Waals surface area contributed by atoms with Crippen LogP contribution in [-0.2, 0) is 17.6 Å². The highest BCUT2D eigenvalue weighted by Crippen LogP contribution is 2.26. The first-order valence-corrected chi connectivity index (χ1v) is 8.62. The number of amides is 1. The Labute approximate surface area is 151 Å². The van der Waals surface area contributed by atoms with Crippen LogP contribution >= 0.6 is 0 Å². The number of nitrogens with zero attached hydrogens (tertiary/aromatic N) is 1. The summed E-state index contributed by atoms with van der Waals surface area (Å²) < 4.78 is 5.54. The second-order valence-corrected chi connectivity index (χ2v) is 6.12. The SMILES string of the molecule is O=C(COc1ccc2c(c1)CCC2)NCCNc1ccccc1[N+](=O)[O-]. The number of fused-ring (bicyclic) bond motifs is 1. The van der Waals surface area contributed by atoms with E-state index in [4.69, 9.17) is 4.74 Å². The van der Waals surface area contributed by atoms with Crippen LogP contribution < -0.4 is 15.4 Å².